The van der Waals surface area contributed by atoms with Gasteiger partial charge in [0.1, 0.15) is 5.82 Å². The van der Waals surface area contributed by atoms with Gasteiger partial charge >= 0.3 is 0 Å². The molecule has 0 radical (unpaired) electrons. The zero-order valence-corrected chi connectivity index (χ0v) is 18.8. The molecule has 164 valence electrons. The first-order chi connectivity index (χ1) is 15.2. The lowest BCUT2D eigenvalue weighted by Gasteiger charge is -2.38. The number of fused-ring (bicyclic) bond motifs is 1. The number of carbonyl (C=O) groups is 1. The summed E-state index contributed by atoms with van der Waals surface area (Å²) in [5.74, 6) is 2.17. The number of halogens is 1. The molecule has 0 spiro atoms. The van der Waals surface area contributed by atoms with Crippen molar-refractivity contribution in [1.82, 2.24) is 9.88 Å². The average Bonchev–Trinajstić information content (AvgIpc) is 3.23. The van der Waals surface area contributed by atoms with E-state index < -0.39 is 0 Å². The first kappa shape index (κ1) is 20.6. The van der Waals surface area contributed by atoms with Gasteiger partial charge in [0.2, 0.25) is 5.91 Å². The number of likely N-dealkylation sites (tertiary alicyclic amines) is 1. The van der Waals surface area contributed by atoms with Crippen molar-refractivity contribution in [3.8, 4) is 0 Å². The third-order valence-corrected chi connectivity index (χ3v) is 7.49. The number of hydrogen-bond acceptors (Lipinski definition) is 4. The van der Waals surface area contributed by atoms with Crippen molar-refractivity contribution >= 4 is 29.0 Å². The molecular weight excluding hydrogens is 408 g/mol. The predicted molar refractivity (Wildman–Crippen MR) is 126 cm³/mol. The highest BCUT2D eigenvalue weighted by Gasteiger charge is 2.32. The molecule has 2 aromatic rings. The summed E-state index contributed by atoms with van der Waals surface area (Å²) in [6.07, 6.45) is 6.92. The minimum atomic E-state index is 0.158. The van der Waals surface area contributed by atoms with Crippen LogP contribution in [-0.2, 0) is 11.2 Å². The van der Waals surface area contributed by atoms with E-state index in [-0.39, 0.29) is 5.92 Å². The molecule has 5 rings (SSSR count). The van der Waals surface area contributed by atoms with Gasteiger partial charge in [-0.05, 0) is 61.8 Å². The monoisotopic (exact) mass is 438 g/mol. The van der Waals surface area contributed by atoms with Crippen molar-refractivity contribution < 1.29 is 4.79 Å². The van der Waals surface area contributed by atoms with Crippen LogP contribution >= 0.6 is 11.6 Å². The maximum absolute atomic E-state index is 13.1. The largest absolute Gasteiger partial charge is 0.371 e. The van der Waals surface area contributed by atoms with E-state index in [2.05, 4.69) is 43.9 Å². The summed E-state index contributed by atoms with van der Waals surface area (Å²) in [5.41, 5.74) is 2.90. The van der Waals surface area contributed by atoms with Crippen molar-refractivity contribution in [1.29, 1.82) is 0 Å². The quantitative estimate of drug-likeness (QED) is 0.715. The number of anilines is 2. The van der Waals surface area contributed by atoms with E-state index in [0.717, 1.165) is 77.2 Å². The smallest absolute Gasteiger partial charge is 0.225 e. The molecule has 0 unspecified atom stereocenters. The molecule has 1 aromatic heterocycles. The number of carbonyl (C=O) groups excluding carboxylic acids is 1. The van der Waals surface area contributed by atoms with Crippen molar-refractivity contribution in [2.75, 3.05) is 49.1 Å². The summed E-state index contributed by atoms with van der Waals surface area (Å²) in [5, 5.41) is 0.658. The number of benzene rings is 1. The molecule has 2 fully saturated rings. The fraction of sp³-hybridized carbons (Fsp3) is 0.520. The summed E-state index contributed by atoms with van der Waals surface area (Å²) in [7, 11) is 0. The molecule has 3 aliphatic rings. The van der Waals surface area contributed by atoms with Gasteiger partial charge in [0.05, 0.1) is 5.02 Å². The highest BCUT2D eigenvalue weighted by atomic mass is 35.5. The molecule has 6 heteroatoms. The first-order valence-electron chi connectivity index (χ1n) is 11.7. The van der Waals surface area contributed by atoms with Crippen LogP contribution in [0.5, 0.6) is 0 Å². The van der Waals surface area contributed by atoms with Crippen LogP contribution in [0.3, 0.4) is 0 Å². The number of rotatable bonds is 4. The van der Waals surface area contributed by atoms with Crippen LogP contribution in [0.1, 0.15) is 31.2 Å². The number of para-hydroxylation sites is 1. The van der Waals surface area contributed by atoms with Crippen LogP contribution in [0, 0.1) is 11.8 Å². The minimum absolute atomic E-state index is 0.158. The molecule has 31 heavy (non-hydrogen) atoms. The SMILES string of the molecule is O=C(C1CCN(c2ccc(Cl)cn2)CC1)N1CCC(CN2CCc3ccccc32)CC1. The van der Waals surface area contributed by atoms with E-state index in [1.54, 1.807) is 6.20 Å². The zero-order chi connectivity index (χ0) is 21.2. The molecule has 0 saturated carbocycles. The first-order valence-corrected chi connectivity index (χ1v) is 12.0. The van der Waals surface area contributed by atoms with Crippen molar-refractivity contribution in [3.05, 3.63) is 53.2 Å². The number of amides is 1. The maximum Gasteiger partial charge on any atom is 0.225 e. The van der Waals surface area contributed by atoms with E-state index in [4.69, 9.17) is 11.6 Å². The van der Waals surface area contributed by atoms with Crippen molar-refractivity contribution in [2.45, 2.75) is 32.1 Å². The van der Waals surface area contributed by atoms with Gasteiger partial charge in [-0.3, -0.25) is 4.79 Å². The van der Waals surface area contributed by atoms with Gasteiger partial charge in [0.25, 0.3) is 0 Å². The lowest BCUT2D eigenvalue weighted by Crippen LogP contribution is -2.46. The Balaban J connectivity index is 1.09. The summed E-state index contributed by atoms with van der Waals surface area (Å²) in [6, 6.07) is 12.6. The van der Waals surface area contributed by atoms with Gasteiger partial charge in [-0.1, -0.05) is 29.8 Å². The Kier molecular flexibility index (Phi) is 6.04. The van der Waals surface area contributed by atoms with Gasteiger partial charge in [0.15, 0.2) is 0 Å². The molecule has 0 bridgehead atoms. The number of piperidine rings is 2. The van der Waals surface area contributed by atoms with Crippen LogP contribution < -0.4 is 9.80 Å². The molecular formula is C25H31ClN4O. The number of aromatic nitrogens is 1. The molecule has 0 atom stereocenters. The van der Waals surface area contributed by atoms with Crippen LogP contribution in [-0.4, -0.2) is 55.1 Å². The molecule has 0 N–H and O–H groups in total. The zero-order valence-electron chi connectivity index (χ0n) is 18.0. The van der Waals surface area contributed by atoms with Crippen LogP contribution in [0.2, 0.25) is 5.02 Å². The van der Waals surface area contributed by atoms with Gasteiger partial charge in [-0.15, -0.1) is 0 Å². The van der Waals surface area contributed by atoms with Crippen LogP contribution in [0.25, 0.3) is 0 Å². The second-order valence-electron chi connectivity index (χ2n) is 9.19. The Morgan fingerprint density at radius 3 is 2.48 bits per heavy atom. The van der Waals surface area contributed by atoms with Gasteiger partial charge in [-0.25, -0.2) is 4.98 Å². The molecule has 0 aliphatic carbocycles. The average molecular weight is 439 g/mol. The normalized spacial score (nSPS) is 20.2. The number of pyridine rings is 1. The minimum Gasteiger partial charge on any atom is -0.371 e. The topological polar surface area (TPSA) is 39.7 Å². The maximum atomic E-state index is 13.1. The van der Waals surface area contributed by atoms with Gasteiger partial charge < -0.3 is 14.7 Å². The molecule has 3 aliphatic heterocycles. The third kappa shape index (κ3) is 4.52. The Morgan fingerprint density at radius 1 is 0.968 bits per heavy atom. The highest BCUT2D eigenvalue weighted by molar-refractivity contribution is 6.30. The second kappa shape index (κ2) is 9.07. The molecule has 5 nitrogen and oxygen atoms in total. The Bertz CT molecular complexity index is 902. The van der Waals surface area contributed by atoms with Gasteiger partial charge in [0, 0.05) is 57.1 Å². The Hall–Kier alpha value is -2.27. The summed E-state index contributed by atoms with van der Waals surface area (Å²) in [6.45, 7) is 5.87. The fourth-order valence-corrected chi connectivity index (χ4v) is 5.52. The predicted octanol–water partition coefficient (Wildman–Crippen LogP) is 4.25. The molecule has 4 heterocycles. The number of nitrogens with zero attached hydrogens (tertiary/aromatic N) is 4. The van der Waals surface area contributed by atoms with E-state index in [0.29, 0.717) is 16.8 Å². The Morgan fingerprint density at radius 2 is 1.74 bits per heavy atom. The summed E-state index contributed by atoms with van der Waals surface area (Å²) >= 11 is 5.95. The van der Waals surface area contributed by atoms with E-state index >= 15 is 0 Å². The van der Waals surface area contributed by atoms with E-state index in [1.807, 2.05) is 12.1 Å². The summed E-state index contributed by atoms with van der Waals surface area (Å²) in [4.78, 5) is 24.5. The second-order valence-corrected chi connectivity index (χ2v) is 9.63. The standard InChI is InChI=1S/C25H31ClN4O/c26-22-5-6-24(27-17-22)28-14-10-21(11-15-28)25(31)29-12-7-19(8-13-29)18-30-16-9-20-3-1-2-4-23(20)30/h1-6,17,19,21H,7-16,18H2. The number of hydrogen-bond donors (Lipinski definition) is 0. The lowest BCUT2D eigenvalue weighted by atomic mass is 9.91. The third-order valence-electron chi connectivity index (χ3n) is 7.27. The highest BCUT2D eigenvalue weighted by Crippen LogP contribution is 2.31. The van der Waals surface area contributed by atoms with Crippen LogP contribution in [0.15, 0.2) is 42.6 Å². The molecule has 2 saturated heterocycles. The molecule has 1 aromatic carbocycles. The fourth-order valence-electron chi connectivity index (χ4n) is 5.41. The Labute approximate surface area is 190 Å². The van der Waals surface area contributed by atoms with Gasteiger partial charge in [-0.2, -0.15) is 0 Å². The van der Waals surface area contributed by atoms with E-state index in [9.17, 15) is 4.79 Å². The molecule has 1 amide bonds. The van der Waals surface area contributed by atoms with E-state index in [1.165, 1.54) is 11.3 Å². The van der Waals surface area contributed by atoms with Crippen molar-refractivity contribution in [2.24, 2.45) is 11.8 Å². The van der Waals surface area contributed by atoms with Crippen molar-refractivity contribution in [3.63, 3.8) is 0 Å². The summed E-state index contributed by atoms with van der Waals surface area (Å²) < 4.78 is 0. The van der Waals surface area contributed by atoms with Crippen LogP contribution in [0.4, 0.5) is 11.5 Å². The lowest BCUT2D eigenvalue weighted by molar-refractivity contribution is -0.137.